The Labute approximate surface area is 108 Å². The lowest BCUT2D eigenvalue weighted by molar-refractivity contribution is 0.188. The minimum atomic E-state index is 0.482. The van der Waals surface area contributed by atoms with Gasteiger partial charge in [-0.25, -0.2) is 0 Å². The molecule has 0 bridgehead atoms. The van der Waals surface area contributed by atoms with E-state index in [1.165, 1.54) is 0 Å². The summed E-state index contributed by atoms with van der Waals surface area (Å²) in [5.41, 5.74) is 0. The van der Waals surface area contributed by atoms with Crippen molar-refractivity contribution in [3.63, 3.8) is 0 Å². The number of rotatable bonds is 7. The molecule has 1 N–H and O–H groups in total. The third-order valence-corrected chi connectivity index (χ3v) is 2.87. The molecular weight excluding hydrogens is 230 g/mol. The van der Waals surface area contributed by atoms with Crippen LogP contribution in [0.15, 0.2) is 24.3 Å². The van der Waals surface area contributed by atoms with Gasteiger partial charge in [-0.05, 0) is 25.5 Å². The van der Waals surface area contributed by atoms with Crippen LogP contribution in [0.4, 0.5) is 0 Å². The molecule has 2 rings (SSSR count). The van der Waals surface area contributed by atoms with Crippen LogP contribution < -0.4 is 14.8 Å². The van der Waals surface area contributed by atoms with Crippen molar-refractivity contribution in [1.82, 2.24) is 5.32 Å². The second-order valence-corrected chi connectivity index (χ2v) is 4.24. The Morgan fingerprint density at radius 1 is 1.28 bits per heavy atom. The largest absolute Gasteiger partial charge is 0.490 e. The van der Waals surface area contributed by atoms with Gasteiger partial charge in [0.25, 0.3) is 0 Å². The summed E-state index contributed by atoms with van der Waals surface area (Å²) in [5, 5.41) is 3.41. The topological polar surface area (TPSA) is 39.7 Å². The number of ether oxygens (including phenoxy) is 3. The fourth-order valence-corrected chi connectivity index (χ4v) is 1.96. The van der Waals surface area contributed by atoms with E-state index >= 15 is 0 Å². The average molecular weight is 251 g/mol. The zero-order valence-corrected chi connectivity index (χ0v) is 10.9. The number of hydrogen-bond acceptors (Lipinski definition) is 4. The van der Waals surface area contributed by atoms with Crippen molar-refractivity contribution in [2.75, 3.05) is 33.0 Å². The molecule has 4 heteroatoms. The highest BCUT2D eigenvalue weighted by molar-refractivity contribution is 5.39. The van der Waals surface area contributed by atoms with Gasteiger partial charge in [0.1, 0.15) is 6.61 Å². The molecule has 0 saturated carbocycles. The van der Waals surface area contributed by atoms with Crippen molar-refractivity contribution >= 4 is 0 Å². The Kier molecular flexibility index (Phi) is 5.30. The maximum Gasteiger partial charge on any atom is 0.161 e. The van der Waals surface area contributed by atoms with Crippen LogP contribution >= 0.6 is 0 Å². The Morgan fingerprint density at radius 3 is 2.72 bits per heavy atom. The molecule has 1 aliphatic rings. The zero-order valence-electron chi connectivity index (χ0n) is 10.9. The number of nitrogens with one attached hydrogen (secondary N) is 1. The number of hydrogen-bond donors (Lipinski definition) is 1. The summed E-state index contributed by atoms with van der Waals surface area (Å²) in [6.07, 6.45) is 1.09. The molecule has 100 valence electrons. The minimum absolute atomic E-state index is 0.482. The Morgan fingerprint density at radius 2 is 2.06 bits per heavy atom. The van der Waals surface area contributed by atoms with Gasteiger partial charge in [0.15, 0.2) is 11.5 Å². The van der Waals surface area contributed by atoms with E-state index in [1.54, 1.807) is 0 Å². The number of benzene rings is 1. The molecule has 18 heavy (non-hydrogen) atoms. The molecule has 1 aliphatic heterocycles. The van der Waals surface area contributed by atoms with Crippen molar-refractivity contribution in [2.24, 2.45) is 0 Å². The molecule has 0 radical (unpaired) electrons. The van der Waals surface area contributed by atoms with E-state index in [0.717, 1.165) is 37.7 Å². The smallest absolute Gasteiger partial charge is 0.161 e. The standard InChI is InChI=1S/C14H21NO3/c1-2-17-13-5-3-4-6-14(13)18-10-8-15-12-7-9-16-11-12/h3-6,12,15H,2,7-11H2,1H3. The SMILES string of the molecule is CCOc1ccccc1OCCNC1CCOC1. The fraction of sp³-hybridized carbons (Fsp3) is 0.571. The highest BCUT2D eigenvalue weighted by Gasteiger charge is 2.14. The molecule has 1 saturated heterocycles. The molecule has 0 aromatic heterocycles. The predicted molar refractivity (Wildman–Crippen MR) is 70.3 cm³/mol. The second-order valence-electron chi connectivity index (χ2n) is 4.24. The first-order valence-electron chi connectivity index (χ1n) is 6.56. The summed E-state index contributed by atoms with van der Waals surface area (Å²) in [5.74, 6) is 1.62. The van der Waals surface area contributed by atoms with Crippen molar-refractivity contribution < 1.29 is 14.2 Å². The highest BCUT2D eigenvalue weighted by atomic mass is 16.5. The van der Waals surface area contributed by atoms with Gasteiger partial charge in [-0.2, -0.15) is 0 Å². The van der Waals surface area contributed by atoms with Crippen LogP contribution in [0.3, 0.4) is 0 Å². The quantitative estimate of drug-likeness (QED) is 0.751. The molecule has 1 heterocycles. The lowest BCUT2D eigenvalue weighted by Gasteiger charge is -2.13. The van der Waals surface area contributed by atoms with Crippen LogP contribution in [0.1, 0.15) is 13.3 Å². The Hall–Kier alpha value is -1.26. The second kappa shape index (κ2) is 7.24. The van der Waals surface area contributed by atoms with Gasteiger partial charge in [-0.15, -0.1) is 0 Å². The molecule has 1 aromatic carbocycles. The monoisotopic (exact) mass is 251 g/mol. The van der Waals surface area contributed by atoms with E-state index in [1.807, 2.05) is 31.2 Å². The Bertz CT molecular complexity index is 351. The number of para-hydroxylation sites is 2. The van der Waals surface area contributed by atoms with E-state index in [2.05, 4.69) is 5.32 Å². The fourth-order valence-electron chi connectivity index (χ4n) is 1.96. The first-order chi connectivity index (χ1) is 8.90. The van der Waals surface area contributed by atoms with E-state index in [-0.39, 0.29) is 0 Å². The molecule has 0 spiro atoms. The highest BCUT2D eigenvalue weighted by Crippen LogP contribution is 2.26. The van der Waals surface area contributed by atoms with Crippen molar-refractivity contribution in [2.45, 2.75) is 19.4 Å². The first-order valence-corrected chi connectivity index (χ1v) is 6.56. The average Bonchev–Trinajstić information content (AvgIpc) is 2.90. The Balaban J connectivity index is 1.72. The summed E-state index contributed by atoms with van der Waals surface area (Å²) in [6, 6.07) is 8.25. The van der Waals surface area contributed by atoms with Gasteiger partial charge < -0.3 is 19.5 Å². The van der Waals surface area contributed by atoms with E-state index in [9.17, 15) is 0 Å². The molecule has 1 fully saturated rings. The van der Waals surface area contributed by atoms with Crippen LogP contribution in [0.25, 0.3) is 0 Å². The lowest BCUT2D eigenvalue weighted by Crippen LogP contribution is -2.32. The first kappa shape index (κ1) is 13.2. The molecule has 1 aromatic rings. The molecular formula is C14H21NO3. The van der Waals surface area contributed by atoms with E-state index in [0.29, 0.717) is 19.3 Å². The predicted octanol–water partition coefficient (Wildman–Crippen LogP) is 1.84. The maximum atomic E-state index is 5.72. The van der Waals surface area contributed by atoms with Gasteiger partial charge in [-0.3, -0.25) is 0 Å². The summed E-state index contributed by atoms with van der Waals surface area (Å²) in [4.78, 5) is 0. The molecule has 1 unspecified atom stereocenters. The zero-order chi connectivity index (χ0) is 12.6. The molecule has 1 atom stereocenters. The summed E-state index contributed by atoms with van der Waals surface area (Å²) >= 11 is 0. The third-order valence-electron chi connectivity index (χ3n) is 2.87. The lowest BCUT2D eigenvalue weighted by atomic mass is 10.3. The van der Waals surface area contributed by atoms with Crippen molar-refractivity contribution in [3.8, 4) is 11.5 Å². The normalized spacial score (nSPS) is 18.8. The summed E-state index contributed by atoms with van der Waals surface area (Å²) < 4.78 is 16.5. The van der Waals surface area contributed by atoms with Crippen LogP contribution in [-0.2, 0) is 4.74 Å². The molecule has 4 nitrogen and oxygen atoms in total. The maximum absolute atomic E-state index is 5.72. The van der Waals surface area contributed by atoms with Gasteiger partial charge in [0.2, 0.25) is 0 Å². The van der Waals surface area contributed by atoms with Crippen LogP contribution in [0.5, 0.6) is 11.5 Å². The van der Waals surface area contributed by atoms with Crippen LogP contribution in [0.2, 0.25) is 0 Å². The van der Waals surface area contributed by atoms with Gasteiger partial charge in [0, 0.05) is 19.2 Å². The molecule has 0 amide bonds. The van der Waals surface area contributed by atoms with Crippen molar-refractivity contribution in [1.29, 1.82) is 0 Å². The third kappa shape index (κ3) is 3.89. The van der Waals surface area contributed by atoms with Crippen LogP contribution in [-0.4, -0.2) is 39.0 Å². The van der Waals surface area contributed by atoms with E-state index in [4.69, 9.17) is 14.2 Å². The molecule has 0 aliphatic carbocycles. The van der Waals surface area contributed by atoms with Crippen molar-refractivity contribution in [3.05, 3.63) is 24.3 Å². The van der Waals surface area contributed by atoms with Gasteiger partial charge >= 0.3 is 0 Å². The minimum Gasteiger partial charge on any atom is -0.490 e. The van der Waals surface area contributed by atoms with Crippen LogP contribution in [0, 0.1) is 0 Å². The van der Waals surface area contributed by atoms with Gasteiger partial charge in [-0.1, -0.05) is 12.1 Å². The van der Waals surface area contributed by atoms with E-state index < -0.39 is 0 Å². The summed E-state index contributed by atoms with van der Waals surface area (Å²) in [7, 11) is 0. The summed E-state index contributed by atoms with van der Waals surface area (Å²) in [6.45, 7) is 5.77. The van der Waals surface area contributed by atoms with Gasteiger partial charge in [0.05, 0.1) is 13.2 Å².